The molecule has 0 atom stereocenters. The molecule has 0 N–H and O–H groups in total. The number of amides is 1. The normalized spacial score (nSPS) is 10.9. The Balaban J connectivity index is 1.52. The van der Waals surface area contributed by atoms with Crippen LogP contribution in [0.25, 0.3) is 11.5 Å². The van der Waals surface area contributed by atoms with E-state index in [9.17, 15) is 4.79 Å². The van der Waals surface area contributed by atoms with E-state index in [1.807, 2.05) is 35.9 Å². The Morgan fingerprint density at radius 1 is 1.26 bits per heavy atom. The maximum atomic E-state index is 12.2. The summed E-state index contributed by atoms with van der Waals surface area (Å²) in [5.74, 6) is 2.59. The second-order valence-electron chi connectivity index (χ2n) is 5.28. The van der Waals surface area contributed by atoms with Crippen molar-refractivity contribution in [2.75, 3.05) is 7.05 Å². The second-order valence-corrected chi connectivity index (χ2v) is 6.06. The quantitative estimate of drug-likeness (QED) is 0.693. The molecular weight excluding hydrogens is 314 g/mol. The highest BCUT2D eigenvalue weighted by molar-refractivity contribution is 7.08. The molecule has 0 aliphatic carbocycles. The van der Waals surface area contributed by atoms with Crippen molar-refractivity contribution in [1.29, 1.82) is 0 Å². The molecule has 1 amide bonds. The standard InChI is InChI=1S/C16H17N3O3S/c1-11-3-4-13(21-11)9-19(2)15(20)6-5-14-17-18-16(22-14)12-7-8-23-10-12/h3-4,7-8,10H,5-6,9H2,1-2H3. The van der Waals surface area contributed by atoms with E-state index in [-0.39, 0.29) is 5.91 Å². The molecule has 3 aromatic heterocycles. The van der Waals surface area contributed by atoms with Gasteiger partial charge in [0.25, 0.3) is 0 Å². The van der Waals surface area contributed by atoms with Crippen molar-refractivity contribution in [1.82, 2.24) is 15.1 Å². The summed E-state index contributed by atoms with van der Waals surface area (Å²) in [6, 6.07) is 5.69. The van der Waals surface area contributed by atoms with Crippen molar-refractivity contribution in [3.8, 4) is 11.5 Å². The number of hydrogen-bond acceptors (Lipinski definition) is 6. The molecule has 7 heteroatoms. The van der Waals surface area contributed by atoms with E-state index in [1.54, 1.807) is 23.3 Å². The predicted molar refractivity (Wildman–Crippen MR) is 85.9 cm³/mol. The Morgan fingerprint density at radius 3 is 2.83 bits per heavy atom. The number of thiophene rings is 1. The average Bonchev–Trinajstić information content (AvgIpc) is 3.26. The molecule has 3 aromatic rings. The summed E-state index contributed by atoms with van der Waals surface area (Å²) in [4.78, 5) is 13.8. The zero-order chi connectivity index (χ0) is 16.2. The molecule has 0 bridgehead atoms. The molecule has 0 spiro atoms. The first-order valence-electron chi connectivity index (χ1n) is 7.26. The monoisotopic (exact) mass is 331 g/mol. The maximum absolute atomic E-state index is 12.2. The topological polar surface area (TPSA) is 72.4 Å². The van der Waals surface area contributed by atoms with Crippen LogP contribution in [0.2, 0.25) is 0 Å². The van der Waals surface area contributed by atoms with E-state index in [0.717, 1.165) is 17.1 Å². The van der Waals surface area contributed by atoms with Gasteiger partial charge in [0.15, 0.2) is 0 Å². The van der Waals surface area contributed by atoms with Gasteiger partial charge in [0.2, 0.25) is 17.7 Å². The van der Waals surface area contributed by atoms with Crippen molar-refractivity contribution in [2.45, 2.75) is 26.3 Å². The molecule has 0 fully saturated rings. The Kier molecular flexibility index (Phi) is 4.57. The highest BCUT2D eigenvalue weighted by Gasteiger charge is 2.14. The minimum atomic E-state index is 0.00864. The van der Waals surface area contributed by atoms with Crippen LogP contribution in [0.15, 0.2) is 37.8 Å². The fourth-order valence-corrected chi connectivity index (χ4v) is 2.78. The Morgan fingerprint density at radius 2 is 2.13 bits per heavy atom. The minimum Gasteiger partial charge on any atom is -0.464 e. The van der Waals surface area contributed by atoms with Gasteiger partial charge in [0.05, 0.1) is 6.54 Å². The van der Waals surface area contributed by atoms with Crippen LogP contribution in [0.1, 0.15) is 23.8 Å². The summed E-state index contributed by atoms with van der Waals surface area (Å²) >= 11 is 1.57. The minimum absolute atomic E-state index is 0.00864. The first-order chi connectivity index (χ1) is 11.1. The molecule has 0 aromatic carbocycles. The fraction of sp³-hybridized carbons (Fsp3) is 0.312. The molecule has 120 valence electrons. The number of aromatic nitrogens is 2. The summed E-state index contributed by atoms with van der Waals surface area (Å²) in [5, 5.41) is 11.9. The van der Waals surface area contributed by atoms with Crippen LogP contribution in [0, 0.1) is 6.92 Å². The SMILES string of the molecule is Cc1ccc(CN(C)C(=O)CCc2nnc(-c3ccsc3)o2)o1. The third-order valence-corrected chi connectivity index (χ3v) is 4.09. The van der Waals surface area contributed by atoms with Crippen LogP contribution in [0.5, 0.6) is 0 Å². The lowest BCUT2D eigenvalue weighted by Crippen LogP contribution is -2.26. The molecule has 0 aliphatic rings. The van der Waals surface area contributed by atoms with E-state index < -0.39 is 0 Å². The van der Waals surface area contributed by atoms with Crippen LogP contribution in [0.3, 0.4) is 0 Å². The number of carbonyl (C=O) groups excluding carboxylic acids is 1. The third kappa shape index (κ3) is 3.87. The van der Waals surface area contributed by atoms with Gasteiger partial charge in [0.1, 0.15) is 11.5 Å². The van der Waals surface area contributed by atoms with E-state index in [0.29, 0.717) is 31.2 Å². The number of carbonyl (C=O) groups is 1. The molecule has 23 heavy (non-hydrogen) atoms. The van der Waals surface area contributed by atoms with Gasteiger partial charge in [-0.05, 0) is 30.5 Å². The Hall–Kier alpha value is -2.41. The van der Waals surface area contributed by atoms with Crippen LogP contribution < -0.4 is 0 Å². The van der Waals surface area contributed by atoms with Crippen molar-refractivity contribution in [2.24, 2.45) is 0 Å². The molecule has 6 nitrogen and oxygen atoms in total. The van der Waals surface area contributed by atoms with Crippen LogP contribution in [-0.4, -0.2) is 28.1 Å². The molecule has 0 radical (unpaired) electrons. The second kappa shape index (κ2) is 6.78. The number of furan rings is 1. The number of aryl methyl sites for hydroxylation is 2. The van der Waals surface area contributed by atoms with Gasteiger partial charge in [-0.1, -0.05) is 0 Å². The zero-order valence-electron chi connectivity index (χ0n) is 13.0. The largest absolute Gasteiger partial charge is 0.464 e. The van der Waals surface area contributed by atoms with Gasteiger partial charge in [-0.25, -0.2) is 0 Å². The van der Waals surface area contributed by atoms with Gasteiger partial charge in [-0.15, -0.1) is 10.2 Å². The fourth-order valence-electron chi connectivity index (χ4n) is 2.15. The van der Waals surface area contributed by atoms with Gasteiger partial charge in [-0.2, -0.15) is 11.3 Å². The van der Waals surface area contributed by atoms with E-state index in [4.69, 9.17) is 8.83 Å². The summed E-state index contributed by atoms with van der Waals surface area (Å²) < 4.78 is 11.1. The summed E-state index contributed by atoms with van der Waals surface area (Å²) in [7, 11) is 1.75. The third-order valence-electron chi connectivity index (χ3n) is 3.40. The number of hydrogen-bond donors (Lipinski definition) is 0. The van der Waals surface area contributed by atoms with Crippen LogP contribution in [-0.2, 0) is 17.8 Å². The summed E-state index contributed by atoms with van der Waals surface area (Å²) in [6.45, 7) is 2.34. The van der Waals surface area contributed by atoms with Crippen molar-refractivity contribution in [3.63, 3.8) is 0 Å². The molecule has 0 aliphatic heterocycles. The van der Waals surface area contributed by atoms with Crippen molar-refractivity contribution >= 4 is 17.2 Å². The van der Waals surface area contributed by atoms with E-state index >= 15 is 0 Å². The van der Waals surface area contributed by atoms with Crippen LogP contribution >= 0.6 is 11.3 Å². The lowest BCUT2D eigenvalue weighted by Gasteiger charge is -2.15. The smallest absolute Gasteiger partial charge is 0.248 e. The molecular formula is C16H17N3O3S. The lowest BCUT2D eigenvalue weighted by molar-refractivity contribution is -0.130. The van der Waals surface area contributed by atoms with Gasteiger partial charge in [-0.3, -0.25) is 4.79 Å². The lowest BCUT2D eigenvalue weighted by atomic mass is 10.2. The predicted octanol–water partition coefficient (Wildman–Crippen LogP) is 3.29. The number of rotatable bonds is 6. The average molecular weight is 331 g/mol. The number of nitrogens with zero attached hydrogens (tertiary/aromatic N) is 3. The van der Waals surface area contributed by atoms with E-state index in [2.05, 4.69) is 10.2 Å². The Labute approximate surface area is 137 Å². The van der Waals surface area contributed by atoms with Crippen molar-refractivity contribution in [3.05, 3.63) is 46.4 Å². The van der Waals surface area contributed by atoms with Crippen LogP contribution in [0.4, 0.5) is 0 Å². The van der Waals surface area contributed by atoms with Gasteiger partial charge >= 0.3 is 0 Å². The molecule has 3 heterocycles. The van der Waals surface area contributed by atoms with Gasteiger partial charge < -0.3 is 13.7 Å². The highest BCUT2D eigenvalue weighted by atomic mass is 32.1. The maximum Gasteiger partial charge on any atom is 0.248 e. The Bertz CT molecular complexity index is 776. The summed E-state index contributed by atoms with van der Waals surface area (Å²) in [6.07, 6.45) is 0.749. The highest BCUT2D eigenvalue weighted by Crippen LogP contribution is 2.21. The molecule has 0 saturated heterocycles. The van der Waals surface area contributed by atoms with Gasteiger partial charge in [0, 0.05) is 30.8 Å². The first-order valence-corrected chi connectivity index (χ1v) is 8.20. The molecule has 0 saturated carbocycles. The first kappa shape index (κ1) is 15.5. The molecule has 3 rings (SSSR count). The zero-order valence-corrected chi connectivity index (χ0v) is 13.8. The molecule has 0 unspecified atom stereocenters. The summed E-state index contributed by atoms with van der Waals surface area (Å²) in [5.41, 5.74) is 0.908. The van der Waals surface area contributed by atoms with Crippen molar-refractivity contribution < 1.29 is 13.6 Å². The van der Waals surface area contributed by atoms with E-state index in [1.165, 1.54) is 0 Å².